The van der Waals surface area contributed by atoms with Crippen molar-refractivity contribution in [3.63, 3.8) is 0 Å². The molecule has 0 bridgehead atoms. The number of halogens is 1. The predicted molar refractivity (Wildman–Crippen MR) is 117 cm³/mol. The van der Waals surface area contributed by atoms with Crippen molar-refractivity contribution in [3.8, 4) is 0 Å². The van der Waals surface area contributed by atoms with Gasteiger partial charge in [0.15, 0.2) is 10.8 Å². The first-order chi connectivity index (χ1) is 15.7. The third-order valence-corrected chi connectivity index (χ3v) is 6.90. The third-order valence-electron chi connectivity index (χ3n) is 4.38. The number of nitrogens with zero attached hydrogens (tertiary/aromatic N) is 3. The summed E-state index contributed by atoms with van der Waals surface area (Å²) in [5, 5.41) is 17.4. The number of hydrogen-bond acceptors (Lipinski definition) is 11. The minimum atomic E-state index is -1.35. The summed E-state index contributed by atoms with van der Waals surface area (Å²) in [5.41, 5.74) is -0.425. The van der Waals surface area contributed by atoms with Gasteiger partial charge in [0.2, 0.25) is 6.41 Å². The number of nitrogens with one attached hydrogen (secondary N) is 2. The Labute approximate surface area is 199 Å². The normalized spacial score (nSPS) is 19.9. The van der Waals surface area contributed by atoms with Gasteiger partial charge in [0.05, 0.1) is 0 Å². The molecule has 3 rings (SSSR count). The van der Waals surface area contributed by atoms with Gasteiger partial charge in [-0.05, 0) is 0 Å². The molecule has 0 aromatic carbocycles. The quantitative estimate of drug-likeness (QED) is 0.133. The van der Waals surface area contributed by atoms with E-state index in [-0.39, 0.29) is 44.5 Å². The van der Waals surface area contributed by atoms with Gasteiger partial charge >= 0.3 is 11.9 Å². The zero-order chi connectivity index (χ0) is 24.3. The molecule has 2 aliphatic rings. The number of carbonyl (C=O) groups excluding carboxylic acids is 4. The van der Waals surface area contributed by atoms with Crippen molar-refractivity contribution in [3.05, 3.63) is 21.3 Å². The number of fused-ring (bicyclic) bond motifs is 1. The highest BCUT2D eigenvalue weighted by Gasteiger charge is 2.54. The van der Waals surface area contributed by atoms with Crippen molar-refractivity contribution >= 4 is 75.7 Å². The van der Waals surface area contributed by atoms with Gasteiger partial charge in [0.25, 0.3) is 11.8 Å². The molecule has 1 saturated heterocycles. The van der Waals surface area contributed by atoms with Gasteiger partial charge in [0, 0.05) is 18.2 Å². The molecule has 1 aromatic rings. The lowest BCUT2D eigenvalue weighted by atomic mass is 10.0. The van der Waals surface area contributed by atoms with E-state index in [9.17, 15) is 29.1 Å². The SMILES string of the molecule is CON=C(C(=O)N[C@@H]1C(=O)N2C(C(=O)O)=C(COC(C)=O)CS[C@H]12)c1nc(NC=O)sc1Cl. The first-order valence-electron chi connectivity index (χ1n) is 9.01. The van der Waals surface area contributed by atoms with Crippen LogP contribution in [-0.2, 0) is 33.5 Å². The zero-order valence-corrected chi connectivity index (χ0v) is 19.4. The summed E-state index contributed by atoms with van der Waals surface area (Å²) < 4.78 is 4.92. The van der Waals surface area contributed by atoms with E-state index in [4.69, 9.17) is 21.2 Å². The van der Waals surface area contributed by atoms with Crippen molar-refractivity contribution < 1.29 is 38.7 Å². The summed E-state index contributed by atoms with van der Waals surface area (Å²) in [4.78, 5) is 68.8. The highest BCUT2D eigenvalue weighted by Crippen LogP contribution is 2.40. The monoisotopic (exact) mass is 517 g/mol. The Kier molecular flexibility index (Phi) is 7.55. The number of aromatic nitrogens is 1. The summed E-state index contributed by atoms with van der Waals surface area (Å²) in [5.74, 6) is -3.27. The molecule has 33 heavy (non-hydrogen) atoms. The van der Waals surface area contributed by atoms with Crippen LogP contribution in [-0.4, -0.2) is 81.8 Å². The summed E-state index contributed by atoms with van der Waals surface area (Å²) in [7, 11) is 1.19. The Morgan fingerprint density at radius 1 is 1.42 bits per heavy atom. The van der Waals surface area contributed by atoms with Crippen LogP contribution in [0.5, 0.6) is 0 Å². The maximum absolute atomic E-state index is 12.9. The van der Waals surface area contributed by atoms with Crippen LogP contribution in [0.25, 0.3) is 0 Å². The maximum atomic E-state index is 12.9. The summed E-state index contributed by atoms with van der Waals surface area (Å²) in [6.07, 6.45) is 0.386. The minimum Gasteiger partial charge on any atom is -0.477 e. The number of anilines is 1. The second kappa shape index (κ2) is 10.2. The van der Waals surface area contributed by atoms with Crippen LogP contribution >= 0.6 is 34.7 Å². The van der Waals surface area contributed by atoms with Crippen LogP contribution in [0.3, 0.4) is 0 Å². The lowest BCUT2D eigenvalue weighted by Gasteiger charge is -2.49. The number of hydrogen-bond donors (Lipinski definition) is 3. The fraction of sp³-hybridized carbons (Fsp3) is 0.353. The van der Waals surface area contributed by atoms with E-state index in [1.807, 2.05) is 0 Å². The highest BCUT2D eigenvalue weighted by molar-refractivity contribution is 8.00. The molecule has 0 unspecified atom stereocenters. The fourth-order valence-electron chi connectivity index (χ4n) is 3.04. The first kappa shape index (κ1) is 24.5. The molecule has 3 amide bonds. The summed E-state index contributed by atoms with van der Waals surface area (Å²) in [6, 6.07) is -1.06. The lowest BCUT2D eigenvalue weighted by Crippen LogP contribution is -2.71. The van der Waals surface area contributed by atoms with E-state index in [1.54, 1.807) is 0 Å². The number of esters is 1. The van der Waals surface area contributed by atoms with Crippen molar-refractivity contribution in [1.29, 1.82) is 0 Å². The van der Waals surface area contributed by atoms with E-state index >= 15 is 0 Å². The number of carboxylic acids is 1. The molecule has 3 heterocycles. The molecule has 16 heteroatoms. The van der Waals surface area contributed by atoms with E-state index in [1.165, 1.54) is 25.8 Å². The van der Waals surface area contributed by atoms with Crippen molar-refractivity contribution in [2.24, 2.45) is 5.16 Å². The molecule has 176 valence electrons. The standard InChI is InChI=1S/C17H16ClN5O8S2/c1-6(25)31-3-7-4-32-15-10(14(27)23(15)11(7)16(28)29)20-13(26)9(22-30-2)8-12(18)33-17(21-8)19-5-24/h5,10,15H,3-4H2,1-2H3,(H,20,26)(H,28,29)(H,19,21,24)/t10-,15-/m1/s1. The molecule has 2 atom stereocenters. The van der Waals surface area contributed by atoms with Crippen molar-refractivity contribution in [2.75, 3.05) is 24.8 Å². The van der Waals surface area contributed by atoms with E-state index < -0.39 is 35.2 Å². The fourth-order valence-corrected chi connectivity index (χ4v) is 5.37. The average molecular weight is 518 g/mol. The number of thiazole rings is 1. The minimum absolute atomic E-state index is 0.0464. The number of aliphatic carboxylic acids is 1. The molecule has 3 N–H and O–H groups in total. The number of β-lactam (4-membered cyclic amide) rings is 1. The molecule has 13 nitrogen and oxygen atoms in total. The van der Waals surface area contributed by atoms with Crippen LogP contribution in [0.2, 0.25) is 4.34 Å². The van der Waals surface area contributed by atoms with Gasteiger partial charge in [-0.25, -0.2) is 9.78 Å². The zero-order valence-electron chi connectivity index (χ0n) is 17.0. The topological polar surface area (TPSA) is 177 Å². The molecule has 2 aliphatic heterocycles. The number of rotatable bonds is 9. The average Bonchev–Trinajstić information content (AvgIpc) is 3.12. The van der Waals surface area contributed by atoms with E-state index in [2.05, 4.69) is 20.8 Å². The van der Waals surface area contributed by atoms with Crippen LogP contribution in [0, 0.1) is 0 Å². The van der Waals surface area contributed by atoms with Crippen LogP contribution < -0.4 is 10.6 Å². The van der Waals surface area contributed by atoms with Crippen LogP contribution in [0.15, 0.2) is 16.4 Å². The van der Waals surface area contributed by atoms with E-state index in [0.717, 1.165) is 16.2 Å². The number of carbonyl (C=O) groups is 5. The Bertz CT molecular complexity index is 1090. The molecule has 1 fully saturated rings. The van der Waals surface area contributed by atoms with Gasteiger partial charge in [-0.15, -0.1) is 11.8 Å². The number of oxime groups is 1. The van der Waals surface area contributed by atoms with Crippen LogP contribution in [0.4, 0.5) is 5.13 Å². The summed E-state index contributed by atoms with van der Waals surface area (Å²) in [6.45, 7) is 0.924. The smallest absolute Gasteiger partial charge is 0.352 e. The molecule has 1 aromatic heterocycles. The van der Waals surface area contributed by atoms with Gasteiger partial charge in [0.1, 0.15) is 40.9 Å². The Morgan fingerprint density at radius 3 is 2.76 bits per heavy atom. The number of carboxylic acid groups (broad SMARTS) is 1. The second-order valence-electron chi connectivity index (χ2n) is 6.42. The molecule has 0 spiro atoms. The first-order valence-corrected chi connectivity index (χ1v) is 11.3. The number of amides is 3. The van der Waals surface area contributed by atoms with Crippen molar-refractivity contribution in [1.82, 2.24) is 15.2 Å². The summed E-state index contributed by atoms with van der Waals surface area (Å²) >= 11 is 8.19. The van der Waals surface area contributed by atoms with E-state index in [0.29, 0.717) is 6.41 Å². The third kappa shape index (κ3) is 4.94. The van der Waals surface area contributed by atoms with Gasteiger partial charge in [-0.3, -0.25) is 24.1 Å². The van der Waals surface area contributed by atoms with Gasteiger partial charge < -0.3 is 25.3 Å². The molecule has 0 saturated carbocycles. The maximum Gasteiger partial charge on any atom is 0.352 e. The van der Waals surface area contributed by atoms with Gasteiger partial charge in [-0.1, -0.05) is 28.1 Å². The highest BCUT2D eigenvalue weighted by atomic mass is 35.5. The van der Waals surface area contributed by atoms with Crippen LogP contribution in [0.1, 0.15) is 12.6 Å². The predicted octanol–water partition coefficient (Wildman–Crippen LogP) is 0.0170. The molecular formula is C17H16ClN5O8S2. The Morgan fingerprint density at radius 2 is 2.15 bits per heavy atom. The number of thioether (sulfide) groups is 1. The Hall–Kier alpha value is -3.17. The Balaban J connectivity index is 1.79. The molecular weight excluding hydrogens is 502 g/mol. The molecule has 0 radical (unpaired) electrons. The second-order valence-corrected chi connectivity index (χ2v) is 9.13. The van der Waals surface area contributed by atoms with Gasteiger partial charge in [-0.2, -0.15) is 0 Å². The lowest BCUT2D eigenvalue weighted by molar-refractivity contribution is -0.150. The number of ether oxygens (including phenoxy) is 1. The largest absolute Gasteiger partial charge is 0.477 e. The molecule has 0 aliphatic carbocycles. The van der Waals surface area contributed by atoms with Crippen molar-refractivity contribution in [2.45, 2.75) is 18.3 Å².